The molecule has 0 aliphatic carbocycles. The molecule has 0 aliphatic rings. The molecule has 0 radical (unpaired) electrons. The summed E-state index contributed by atoms with van der Waals surface area (Å²) in [7, 11) is 1.58. The average Bonchev–Trinajstić information content (AvgIpc) is 3.30. The second kappa shape index (κ2) is 10.2. The molecule has 0 saturated heterocycles. The van der Waals surface area contributed by atoms with Crippen LogP contribution in [-0.2, 0) is 4.79 Å². The Morgan fingerprint density at radius 1 is 0.867 bits per heavy atom. The summed E-state index contributed by atoms with van der Waals surface area (Å²) in [4.78, 5) is 36.8. The predicted molar refractivity (Wildman–Crippen MR) is 117 cm³/mol. The molecule has 0 atom stereocenters. The fraction of sp³-hybridized carbons (Fsp3) is 0.136. The topological polar surface area (TPSA) is 96.5 Å². The summed E-state index contributed by atoms with van der Waals surface area (Å²) in [5, 5.41) is 10.1. The van der Waals surface area contributed by atoms with Crippen molar-refractivity contribution in [2.45, 2.75) is 6.42 Å². The van der Waals surface area contributed by atoms with E-state index >= 15 is 0 Å². The number of carbonyl (C=O) groups is 3. The molecule has 0 saturated carbocycles. The van der Waals surface area contributed by atoms with Crippen LogP contribution in [0.1, 0.15) is 26.5 Å². The third-order valence-electron chi connectivity index (χ3n) is 4.16. The van der Waals surface area contributed by atoms with Crippen LogP contribution in [0.5, 0.6) is 5.75 Å². The van der Waals surface area contributed by atoms with Crippen LogP contribution < -0.4 is 20.7 Å². The van der Waals surface area contributed by atoms with Crippen LogP contribution in [0.25, 0.3) is 0 Å². The van der Waals surface area contributed by atoms with Crippen LogP contribution in [0, 0.1) is 0 Å². The molecule has 1 heterocycles. The van der Waals surface area contributed by atoms with Crippen molar-refractivity contribution in [3.63, 3.8) is 0 Å². The summed E-state index contributed by atoms with van der Waals surface area (Å²) in [5.41, 5.74) is 1.69. The lowest BCUT2D eigenvalue weighted by Gasteiger charge is -2.08. The summed E-state index contributed by atoms with van der Waals surface area (Å²) in [6.07, 6.45) is 0.150. The van der Waals surface area contributed by atoms with Crippen molar-refractivity contribution < 1.29 is 19.1 Å². The van der Waals surface area contributed by atoms with Crippen LogP contribution in [0.2, 0.25) is 0 Å². The lowest BCUT2D eigenvalue weighted by Crippen LogP contribution is -2.27. The molecule has 0 bridgehead atoms. The van der Waals surface area contributed by atoms with Gasteiger partial charge in [-0.05, 0) is 60.0 Å². The number of hydrogen-bond acceptors (Lipinski definition) is 5. The number of rotatable bonds is 8. The van der Waals surface area contributed by atoms with E-state index in [2.05, 4.69) is 16.0 Å². The van der Waals surface area contributed by atoms with E-state index in [-0.39, 0.29) is 30.7 Å². The van der Waals surface area contributed by atoms with Gasteiger partial charge in [-0.15, -0.1) is 11.3 Å². The second-order valence-electron chi connectivity index (χ2n) is 6.29. The molecule has 30 heavy (non-hydrogen) atoms. The Hall–Kier alpha value is -3.65. The third kappa shape index (κ3) is 5.92. The highest BCUT2D eigenvalue weighted by molar-refractivity contribution is 7.12. The molecule has 3 amide bonds. The molecule has 2 aromatic carbocycles. The quantitative estimate of drug-likeness (QED) is 0.514. The van der Waals surface area contributed by atoms with E-state index in [0.29, 0.717) is 27.6 Å². The smallest absolute Gasteiger partial charge is 0.261 e. The Balaban J connectivity index is 1.45. The summed E-state index contributed by atoms with van der Waals surface area (Å²) in [5.74, 6) is 0.0375. The number of ether oxygens (including phenoxy) is 1. The van der Waals surface area contributed by atoms with Crippen molar-refractivity contribution in [3.8, 4) is 5.75 Å². The van der Waals surface area contributed by atoms with Crippen molar-refractivity contribution in [1.82, 2.24) is 5.32 Å². The van der Waals surface area contributed by atoms with Gasteiger partial charge in [0, 0.05) is 29.9 Å². The van der Waals surface area contributed by atoms with E-state index < -0.39 is 0 Å². The molecule has 0 spiro atoms. The van der Waals surface area contributed by atoms with Crippen LogP contribution in [-0.4, -0.2) is 31.4 Å². The largest absolute Gasteiger partial charge is 0.497 e. The van der Waals surface area contributed by atoms with E-state index in [1.165, 1.54) is 11.3 Å². The Morgan fingerprint density at radius 2 is 1.53 bits per heavy atom. The molecular formula is C22H21N3O4S. The maximum atomic E-state index is 12.3. The highest BCUT2D eigenvalue weighted by Gasteiger charge is 2.09. The number of amides is 3. The van der Waals surface area contributed by atoms with Crippen molar-refractivity contribution in [2.24, 2.45) is 0 Å². The number of anilines is 2. The van der Waals surface area contributed by atoms with Gasteiger partial charge < -0.3 is 20.7 Å². The minimum atomic E-state index is -0.255. The van der Waals surface area contributed by atoms with Crippen LogP contribution in [0.15, 0.2) is 66.0 Å². The number of hydrogen-bond donors (Lipinski definition) is 3. The fourth-order valence-electron chi connectivity index (χ4n) is 2.59. The molecule has 154 valence electrons. The van der Waals surface area contributed by atoms with E-state index in [4.69, 9.17) is 4.74 Å². The summed E-state index contributed by atoms with van der Waals surface area (Å²) in [6, 6.07) is 17.1. The lowest BCUT2D eigenvalue weighted by atomic mass is 10.2. The molecule has 3 N–H and O–H groups in total. The standard InChI is InChI=1S/C22H21N3O4S/c1-29-18-10-8-17(9-11-18)25-21(27)15-4-6-16(7-5-15)24-20(26)12-13-23-22(28)19-3-2-14-30-19/h2-11,14H,12-13H2,1H3,(H,23,28)(H,24,26)(H,25,27). The maximum Gasteiger partial charge on any atom is 0.261 e. The monoisotopic (exact) mass is 423 g/mol. The first kappa shape index (κ1) is 21.1. The van der Waals surface area contributed by atoms with E-state index in [9.17, 15) is 14.4 Å². The van der Waals surface area contributed by atoms with Gasteiger partial charge in [-0.3, -0.25) is 14.4 Å². The number of benzene rings is 2. The molecule has 0 aliphatic heterocycles. The van der Waals surface area contributed by atoms with Crippen molar-refractivity contribution in [2.75, 3.05) is 24.3 Å². The molecule has 8 heteroatoms. The van der Waals surface area contributed by atoms with E-state index in [1.807, 2.05) is 5.38 Å². The molecule has 1 aromatic heterocycles. The number of carbonyl (C=O) groups excluding carboxylic acids is 3. The van der Waals surface area contributed by atoms with Gasteiger partial charge in [0.1, 0.15) is 5.75 Å². The molecule has 0 fully saturated rings. The highest BCUT2D eigenvalue weighted by atomic mass is 32.1. The molecular weight excluding hydrogens is 402 g/mol. The summed E-state index contributed by atoms with van der Waals surface area (Å²) >= 11 is 1.35. The zero-order valence-corrected chi connectivity index (χ0v) is 17.1. The average molecular weight is 423 g/mol. The zero-order valence-electron chi connectivity index (χ0n) is 16.3. The molecule has 3 aromatic rings. The minimum Gasteiger partial charge on any atom is -0.497 e. The SMILES string of the molecule is COc1ccc(NC(=O)c2ccc(NC(=O)CCNC(=O)c3cccs3)cc2)cc1. The molecule has 7 nitrogen and oxygen atoms in total. The molecule has 0 unspecified atom stereocenters. The second-order valence-corrected chi connectivity index (χ2v) is 7.24. The normalized spacial score (nSPS) is 10.2. The van der Waals surface area contributed by atoms with E-state index in [1.54, 1.807) is 67.8 Å². The van der Waals surface area contributed by atoms with Gasteiger partial charge in [-0.1, -0.05) is 6.07 Å². The van der Waals surface area contributed by atoms with Gasteiger partial charge in [-0.25, -0.2) is 0 Å². The van der Waals surface area contributed by atoms with Gasteiger partial charge in [0.05, 0.1) is 12.0 Å². The fourth-order valence-corrected chi connectivity index (χ4v) is 3.23. The maximum absolute atomic E-state index is 12.3. The Morgan fingerprint density at radius 3 is 2.17 bits per heavy atom. The third-order valence-corrected chi connectivity index (χ3v) is 5.03. The van der Waals surface area contributed by atoms with Gasteiger partial charge in [0.25, 0.3) is 11.8 Å². The van der Waals surface area contributed by atoms with Gasteiger partial charge in [0.2, 0.25) is 5.91 Å². The Kier molecular flexibility index (Phi) is 7.18. The summed E-state index contributed by atoms with van der Waals surface area (Å²) < 4.78 is 5.09. The Labute approximate surface area is 178 Å². The van der Waals surface area contributed by atoms with Crippen molar-refractivity contribution in [1.29, 1.82) is 0 Å². The first-order valence-electron chi connectivity index (χ1n) is 9.22. The lowest BCUT2D eigenvalue weighted by molar-refractivity contribution is -0.116. The van der Waals surface area contributed by atoms with Crippen molar-refractivity contribution >= 4 is 40.4 Å². The summed E-state index contributed by atoms with van der Waals surface area (Å²) in [6.45, 7) is 0.241. The van der Waals surface area contributed by atoms with E-state index in [0.717, 1.165) is 0 Å². The number of methoxy groups -OCH3 is 1. The predicted octanol–water partition coefficient (Wildman–Crippen LogP) is 3.77. The zero-order chi connectivity index (χ0) is 21.3. The first-order valence-corrected chi connectivity index (χ1v) is 10.1. The van der Waals surface area contributed by atoms with Crippen LogP contribution in [0.3, 0.4) is 0 Å². The Bertz CT molecular complexity index is 1000. The van der Waals surface area contributed by atoms with Gasteiger partial charge in [0.15, 0.2) is 0 Å². The highest BCUT2D eigenvalue weighted by Crippen LogP contribution is 2.17. The van der Waals surface area contributed by atoms with Gasteiger partial charge >= 0.3 is 0 Å². The first-order chi connectivity index (χ1) is 14.5. The number of nitrogens with one attached hydrogen (secondary N) is 3. The van der Waals surface area contributed by atoms with Gasteiger partial charge in [-0.2, -0.15) is 0 Å². The molecule has 3 rings (SSSR count). The minimum absolute atomic E-state index is 0.150. The van der Waals surface area contributed by atoms with Crippen molar-refractivity contribution in [3.05, 3.63) is 76.5 Å². The van der Waals surface area contributed by atoms with Crippen LogP contribution >= 0.6 is 11.3 Å². The number of thiophene rings is 1. The van der Waals surface area contributed by atoms with Crippen LogP contribution in [0.4, 0.5) is 11.4 Å².